The second-order valence-corrected chi connectivity index (χ2v) is 4.12. The van der Waals surface area contributed by atoms with E-state index in [4.69, 9.17) is 5.73 Å². The Morgan fingerprint density at radius 2 is 2.18 bits per heavy atom. The summed E-state index contributed by atoms with van der Waals surface area (Å²) in [5.41, 5.74) is 6.69. The molecule has 0 fully saturated rings. The first kappa shape index (κ1) is 13.5. The van der Waals surface area contributed by atoms with Crippen LogP contribution >= 0.6 is 0 Å². The van der Waals surface area contributed by atoms with Crippen LogP contribution < -0.4 is 11.1 Å². The SMILES string of the molecule is Cc1cc(C(=O)NCC(N)C(C)O)ccc1O. The van der Waals surface area contributed by atoms with Gasteiger partial charge in [-0.3, -0.25) is 4.79 Å². The quantitative estimate of drug-likeness (QED) is 0.600. The third kappa shape index (κ3) is 3.72. The van der Waals surface area contributed by atoms with Crippen LogP contribution in [0.5, 0.6) is 5.75 Å². The molecule has 2 unspecified atom stereocenters. The van der Waals surface area contributed by atoms with Crippen LogP contribution in [0.4, 0.5) is 0 Å². The van der Waals surface area contributed by atoms with Crippen LogP contribution in [-0.4, -0.2) is 34.8 Å². The lowest BCUT2D eigenvalue weighted by atomic mass is 10.1. The van der Waals surface area contributed by atoms with Gasteiger partial charge in [0.2, 0.25) is 0 Å². The standard InChI is InChI=1S/C12H18N2O3/c1-7-5-9(3-4-11(7)16)12(17)14-6-10(13)8(2)15/h3-5,8,10,15-16H,6,13H2,1-2H3,(H,14,17). The maximum atomic E-state index is 11.7. The monoisotopic (exact) mass is 238 g/mol. The first-order valence-corrected chi connectivity index (χ1v) is 5.43. The number of amides is 1. The lowest BCUT2D eigenvalue weighted by Crippen LogP contribution is -2.43. The van der Waals surface area contributed by atoms with Crippen molar-refractivity contribution in [2.45, 2.75) is 26.0 Å². The zero-order chi connectivity index (χ0) is 13.0. The van der Waals surface area contributed by atoms with E-state index >= 15 is 0 Å². The zero-order valence-electron chi connectivity index (χ0n) is 9.97. The number of carbonyl (C=O) groups is 1. The van der Waals surface area contributed by atoms with E-state index in [-0.39, 0.29) is 18.2 Å². The molecule has 1 aromatic carbocycles. The number of nitrogens with one attached hydrogen (secondary N) is 1. The van der Waals surface area contributed by atoms with Gasteiger partial charge in [-0.1, -0.05) is 0 Å². The van der Waals surface area contributed by atoms with Gasteiger partial charge >= 0.3 is 0 Å². The molecule has 0 heterocycles. The fraction of sp³-hybridized carbons (Fsp3) is 0.417. The molecule has 94 valence electrons. The van der Waals surface area contributed by atoms with Crippen molar-refractivity contribution in [1.29, 1.82) is 0 Å². The summed E-state index contributed by atoms with van der Waals surface area (Å²) in [5, 5.41) is 21.1. The van der Waals surface area contributed by atoms with Crippen molar-refractivity contribution in [2.24, 2.45) is 5.73 Å². The predicted molar refractivity (Wildman–Crippen MR) is 64.8 cm³/mol. The Balaban J connectivity index is 2.61. The molecule has 0 spiro atoms. The van der Waals surface area contributed by atoms with Crippen molar-refractivity contribution in [3.63, 3.8) is 0 Å². The molecule has 0 radical (unpaired) electrons. The van der Waals surface area contributed by atoms with Gasteiger partial charge < -0.3 is 21.3 Å². The van der Waals surface area contributed by atoms with Gasteiger partial charge in [0.25, 0.3) is 5.91 Å². The molecule has 0 aliphatic rings. The van der Waals surface area contributed by atoms with Gasteiger partial charge in [-0.2, -0.15) is 0 Å². The van der Waals surface area contributed by atoms with Crippen LogP contribution in [0.2, 0.25) is 0 Å². The number of aromatic hydroxyl groups is 1. The van der Waals surface area contributed by atoms with E-state index in [2.05, 4.69) is 5.32 Å². The first-order chi connectivity index (χ1) is 7.91. The molecule has 5 nitrogen and oxygen atoms in total. The number of aliphatic hydroxyl groups excluding tert-OH is 1. The molecule has 0 saturated heterocycles. The topological polar surface area (TPSA) is 95.6 Å². The normalized spacial score (nSPS) is 14.1. The Morgan fingerprint density at radius 1 is 1.53 bits per heavy atom. The third-order valence-electron chi connectivity index (χ3n) is 2.58. The van der Waals surface area contributed by atoms with Crippen LogP contribution in [0.15, 0.2) is 18.2 Å². The van der Waals surface area contributed by atoms with Crippen molar-refractivity contribution in [3.05, 3.63) is 29.3 Å². The summed E-state index contributed by atoms with van der Waals surface area (Å²) >= 11 is 0. The van der Waals surface area contributed by atoms with Crippen molar-refractivity contribution in [2.75, 3.05) is 6.54 Å². The Labute approximate surface area is 100 Å². The van der Waals surface area contributed by atoms with E-state index < -0.39 is 12.1 Å². The molecule has 0 bridgehead atoms. The average Bonchev–Trinajstić information content (AvgIpc) is 2.28. The number of phenolic OH excluding ortho intramolecular Hbond substituents is 1. The molecule has 5 N–H and O–H groups in total. The van der Waals surface area contributed by atoms with E-state index in [1.54, 1.807) is 19.9 Å². The van der Waals surface area contributed by atoms with E-state index in [9.17, 15) is 15.0 Å². The van der Waals surface area contributed by atoms with E-state index in [1.807, 2.05) is 0 Å². The summed E-state index contributed by atoms with van der Waals surface area (Å²) in [5.74, 6) is -0.119. The number of carbonyl (C=O) groups excluding carboxylic acids is 1. The average molecular weight is 238 g/mol. The molecule has 0 aromatic heterocycles. The maximum absolute atomic E-state index is 11.7. The van der Waals surface area contributed by atoms with E-state index in [0.29, 0.717) is 11.1 Å². The molecular formula is C12H18N2O3. The van der Waals surface area contributed by atoms with E-state index in [0.717, 1.165) is 0 Å². The summed E-state index contributed by atoms with van der Waals surface area (Å²) in [4.78, 5) is 11.7. The molecule has 5 heteroatoms. The summed E-state index contributed by atoms with van der Waals surface area (Å²) in [6.07, 6.45) is -0.670. The lowest BCUT2D eigenvalue weighted by molar-refractivity contribution is 0.0937. The summed E-state index contributed by atoms with van der Waals surface area (Å²) in [6.45, 7) is 3.49. The van der Waals surface area contributed by atoms with Gasteiger partial charge in [0.05, 0.1) is 6.10 Å². The van der Waals surface area contributed by atoms with Crippen LogP contribution in [0.25, 0.3) is 0 Å². The summed E-state index contributed by atoms with van der Waals surface area (Å²) in [6, 6.07) is 4.11. The Hall–Kier alpha value is -1.59. The highest BCUT2D eigenvalue weighted by molar-refractivity contribution is 5.94. The molecule has 1 aromatic rings. The molecule has 17 heavy (non-hydrogen) atoms. The highest BCUT2D eigenvalue weighted by Gasteiger charge is 2.12. The van der Waals surface area contributed by atoms with E-state index in [1.165, 1.54) is 12.1 Å². The second kappa shape index (κ2) is 5.65. The van der Waals surface area contributed by atoms with Crippen molar-refractivity contribution in [3.8, 4) is 5.75 Å². The largest absolute Gasteiger partial charge is 0.508 e. The highest BCUT2D eigenvalue weighted by Crippen LogP contribution is 2.16. The number of phenols is 1. The third-order valence-corrected chi connectivity index (χ3v) is 2.58. The van der Waals surface area contributed by atoms with Gasteiger partial charge in [0, 0.05) is 18.2 Å². The number of aryl methyl sites for hydroxylation is 1. The van der Waals surface area contributed by atoms with Gasteiger partial charge in [-0.05, 0) is 37.6 Å². The Kier molecular flexibility index (Phi) is 4.48. The number of hydrogen-bond donors (Lipinski definition) is 4. The van der Waals surface area contributed by atoms with Crippen molar-refractivity contribution < 1.29 is 15.0 Å². The van der Waals surface area contributed by atoms with Crippen molar-refractivity contribution in [1.82, 2.24) is 5.32 Å². The maximum Gasteiger partial charge on any atom is 0.251 e. The minimum atomic E-state index is -0.670. The smallest absolute Gasteiger partial charge is 0.251 e. The highest BCUT2D eigenvalue weighted by atomic mass is 16.3. The van der Waals surface area contributed by atoms with Crippen LogP contribution in [0, 0.1) is 6.92 Å². The minimum absolute atomic E-state index is 0.155. The number of hydrogen-bond acceptors (Lipinski definition) is 4. The van der Waals surface area contributed by atoms with Gasteiger partial charge in [0.15, 0.2) is 0 Å². The zero-order valence-corrected chi connectivity index (χ0v) is 9.97. The second-order valence-electron chi connectivity index (χ2n) is 4.12. The Bertz CT molecular complexity index is 405. The van der Waals surface area contributed by atoms with Gasteiger partial charge in [0.1, 0.15) is 5.75 Å². The fourth-order valence-electron chi connectivity index (χ4n) is 1.28. The minimum Gasteiger partial charge on any atom is -0.508 e. The molecule has 0 saturated carbocycles. The Morgan fingerprint density at radius 3 is 2.71 bits per heavy atom. The number of benzene rings is 1. The number of rotatable bonds is 4. The first-order valence-electron chi connectivity index (χ1n) is 5.43. The van der Waals surface area contributed by atoms with Crippen LogP contribution in [0.3, 0.4) is 0 Å². The molecule has 0 aliphatic carbocycles. The lowest BCUT2D eigenvalue weighted by Gasteiger charge is -2.15. The number of nitrogens with two attached hydrogens (primary N) is 1. The number of aliphatic hydroxyl groups is 1. The molecule has 2 atom stereocenters. The molecule has 1 amide bonds. The molecule has 1 rings (SSSR count). The molecular weight excluding hydrogens is 220 g/mol. The molecule has 0 aliphatic heterocycles. The van der Waals surface area contributed by atoms with Gasteiger partial charge in [-0.25, -0.2) is 0 Å². The van der Waals surface area contributed by atoms with Gasteiger partial charge in [-0.15, -0.1) is 0 Å². The van der Waals surface area contributed by atoms with Crippen LogP contribution in [-0.2, 0) is 0 Å². The summed E-state index contributed by atoms with van der Waals surface area (Å²) < 4.78 is 0. The van der Waals surface area contributed by atoms with Crippen molar-refractivity contribution >= 4 is 5.91 Å². The summed E-state index contributed by atoms with van der Waals surface area (Å²) in [7, 11) is 0. The fourth-order valence-corrected chi connectivity index (χ4v) is 1.28. The predicted octanol–water partition coefficient (Wildman–Crippen LogP) is 0.139. The van der Waals surface area contributed by atoms with Crippen LogP contribution in [0.1, 0.15) is 22.8 Å².